The molecule has 2 fully saturated rings. The molecule has 2 heterocycles. The molecule has 154 valence electrons. The predicted octanol–water partition coefficient (Wildman–Crippen LogP) is 3.99. The second-order valence-electron chi connectivity index (χ2n) is 9.32. The molecule has 3 unspecified atom stereocenters. The second kappa shape index (κ2) is 7.39. The zero-order valence-corrected chi connectivity index (χ0v) is 17.6. The minimum absolute atomic E-state index is 0.0969. The summed E-state index contributed by atoms with van der Waals surface area (Å²) in [4.78, 5) is 27.7. The Morgan fingerprint density at radius 3 is 2.46 bits per heavy atom. The number of fused-ring (bicyclic) bond motifs is 2. The summed E-state index contributed by atoms with van der Waals surface area (Å²) < 4.78 is 4.75. The number of carbonyl (C=O) groups excluding carboxylic acids is 1. The number of amides is 1. The molecule has 0 aromatic heterocycles. The normalized spacial score (nSPS) is 27.1. The van der Waals surface area contributed by atoms with Crippen LogP contribution in [0.1, 0.15) is 62.4 Å². The van der Waals surface area contributed by atoms with Gasteiger partial charge >= 0.3 is 12.1 Å². The Morgan fingerprint density at radius 1 is 1.29 bits per heavy atom. The maximum Gasteiger partial charge on any atom is 0.408 e. The van der Waals surface area contributed by atoms with E-state index in [-0.39, 0.29) is 23.0 Å². The molecule has 2 saturated heterocycles. The van der Waals surface area contributed by atoms with Gasteiger partial charge in [0.25, 0.3) is 0 Å². The summed E-state index contributed by atoms with van der Waals surface area (Å²) in [5.74, 6) is -0.329. The molecule has 2 aliphatic heterocycles. The first kappa shape index (κ1) is 20.6. The van der Waals surface area contributed by atoms with E-state index in [0.29, 0.717) is 11.6 Å². The van der Waals surface area contributed by atoms with Crippen LogP contribution in [0.3, 0.4) is 0 Å². The number of hydrogen-bond acceptors (Lipinski definition) is 4. The van der Waals surface area contributed by atoms with Crippen LogP contribution in [0.2, 0.25) is 0 Å². The zero-order valence-electron chi connectivity index (χ0n) is 17.6. The van der Waals surface area contributed by atoms with E-state index in [9.17, 15) is 14.7 Å². The van der Waals surface area contributed by atoms with Gasteiger partial charge in [-0.25, -0.2) is 9.59 Å². The highest BCUT2D eigenvalue weighted by molar-refractivity contribution is 5.89. The van der Waals surface area contributed by atoms with Gasteiger partial charge in [-0.05, 0) is 55.8 Å². The molecular weight excluding hydrogens is 356 g/mol. The Morgan fingerprint density at radius 2 is 1.93 bits per heavy atom. The molecule has 0 aliphatic carbocycles. The van der Waals surface area contributed by atoms with Crippen LogP contribution in [0, 0.1) is 5.41 Å². The molecule has 0 saturated carbocycles. The van der Waals surface area contributed by atoms with E-state index in [1.807, 2.05) is 12.1 Å². The first-order valence-electron chi connectivity index (χ1n) is 9.99. The summed E-state index contributed by atoms with van der Waals surface area (Å²) in [6, 6.07) is 7.94. The number of esters is 1. The van der Waals surface area contributed by atoms with E-state index in [1.165, 1.54) is 7.11 Å². The van der Waals surface area contributed by atoms with Crippen molar-refractivity contribution in [3.63, 3.8) is 0 Å². The lowest BCUT2D eigenvalue weighted by molar-refractivity contribution is -0.0430. The highest BCUT2D eigenvalue weighted by Gasteiger charge is 2.59. The molecule has 6 nitrogen and oxygen atoms in total. The quantitative estimate of drug-likeness (QED) is 0.790. The summed E-state index contributed by atoms with van der Waals surface area (Å²) in [5, 5.41) is 9.87. The SMILES string of the molecule is COC(=O)c1ccc(CN(C)C2CC3CCC(C(C)(C)C)(C2)N3C(=O)O)cc1. The van der Waals surface area contributed by atoms with Crippen molar-refractivity contribution in [1.82, 2.24) is 9.80 Å². The molecule has 0 radical (unpaired) electrons. The van der Waals surface area contributed by atoms with E-state index in [2.05, 4.69) is 32.7 Å². The van der Waals surface area contributed by atoms with E-state index in [4.69, 9.17) is 4.74 Å². The molecule has 0 spiro atoms. The lowest BCUT2D eigenvalue weighted by atomic mass is 9.67. The van der Waals surface area contributed by atoms with Gasteiger partial charge in [0.05, 0.1) is 18.2 Å². The minimum atomic E-state index is -0.781. The van der Waals surface area contributed by atoms with Crippen LogP contribution in [0.15, 0.2) is 24.3 Å². The molecule has 1 aromatic carbocycles. The number of methoxy groups -OCH3 is 1. The molecule has 3 rings (SSSR count). The van der Waals surface area contributed by atoms with E-state index >= 15 is 0 Å². The van der Waals surface area contributed by atoms with Gasteiger partial charge in [0, 0.05) is 18.6 Å². The van der Waals surface area contributed by atoms with Gasteiger partial charge in [-0.1, -0.05) is 32.9 Å². The number of hydrogen-bond donors (Lipinski definition) is 1. The summed E-state index contributed by atoms with van der Waals surface area (Å²) >= 11 is 0. The van der Waals surface area contributed by atoms with Gasteiger partial charge in [0.1, 0.15) is 0 Å². The van der Waals surface area contributed by atoms with Crippen molar-refractivity contribution >= 4 is 12.1 Å². The largest absolute Gasteiger partial charge is 0.465 e. The Kier molecular flexibility index (Phi) is 5.45. The number of carboxylic acid groups (broad SMARTS) is 1. The van der Waals surface area contributed by atoms with Gasteiger partial charge < -0.3 is 9.84 Å². The molecule has 1 N–H and O–H groups in total. The fourth-order valence-corrected chi connectivity index (χ4v) is 5.21. The first-order chi connectivity index (χ1) is 13.1. The molecule has 1 amide bonds. The predicted molar refractivity (Wildman–Crippen MR) is 107 cm³/mol. The monoisotopic (exact) mass is 388 g/mol. The van der Waals surface area contributed by atoms with Crippen LogP contribution in [-0.4, -0.2) is 58.7 Å². The fraction of sp³-hybridized carbons (Fsp3) is 0.636. The third-order valence-corrected chi connectivity index (χ3v) is 6.87. The average Bonchev–Trinajstić information content (AvgIpc) is 2.89. The summed E-state index contributed by atoms with van der Waals surface area (Å²) in [7, 11) is 3.50. The Balaban J connectivity index is 1.76. The van der Waals surface area contributed by atoms with Crippen molar-refractivity contribution in [2.45, 2.75) is 70.6 Å². The molecule has 2 aliphatic rings. The van der Waals surface area contributed by atoms with Crippen LogP contribution >= 0.6 is 0 Å². The zero-order chi connectivity index (χ0) is 20.7. The Labute approximate surface area is 167 Å². The lowest BCUT2D eigenvalue weighted by Crippen LogP contribution is -2.63. The van der Waals surface area contributed by atoms with Gasteiger partial charge in [-0.15, -0.1) is 0 Å². The summed E-state index contributed by atoms with van der Waals surface area (Å²) in [6.07, 6.45) is 2.83. The second-order valence-corrected chi connectivity index (χ2v) is 9.32. The van der Waals surface area contributed by atoms with Crippen molar-refractivity contribution in [3.8, 4) is 0 Å². The van der Waals surface area contributed by atoms with Crippen molar-refractivity contribution < 1.29 is 19.4 Å². The topological polar surface area (TPSA) is 70.1 Å². The molecule has 6 heteroatoms. The van der Waals surface area contributed by atoms with Gasteiger partial charge in [0.15, 0.2) is 0 Å². The van der Waals surface area contributed by atoms with Crippen molar-refractivity contribution in [3.05, 3.63) is 35.4 Å². The van der Waals surface area contributed by atoms with Gasteiger partial charge in [0.2, 0.25) is 0 Å². The molecule has 3 atom stereocenters. The van der Waals surface area contributed by atoms with Crippen LogP contribution in [0.5, 0.6) is 0 Å². The van der Waals surface area contributed by atoms with Gasteiger partial charge in [-0.3, -0.25) is 9.80 Å². The highest BCUT2D eigenvalue weighted by atomic mass is 16.5. The number of carbonyl (C=O) groups is 2. The number of rotatable bonds is 4. The Hall–Kier alpha value is -2.08. The van der Waals surface area contributed by atoms with E-state index in [1.54, 1.807) is 17.0 Å². The fourth-order valence-electron chi connectivity index (χ4n) is 5.21. The third kappa shape index (κ3) is 3.50. The molecule has 1 aromatic rings. The Bertz CT molecular complexity index is 740. The van der Waals surface area contributed by atoms with E-state index < -0.39 is 6.09 Å². The maximum absolute atomic E-state index is 12.0. The van der Waals surface area contributed by atoms with Crippen molar-refractivity contribution in [2.24, 2.45) is 5.41 Å². The maximum atomic E-state index is 12.0. The van der Waals surface area contributed by atoms with Crippen LogP contribution in [0.4, 0.5) is 4.79 Å². The minimum Gasteiger partial charge on any atom is -0.465 e. The lowest BCUT2D eigenvalue weighted by Gasteiger charge is -2.54. The number of benzene rings is 1. The van der Waals surface area contributed by atoms with E-state index in [0.717, 1.165) is 37.8 Å². The standard InChI is InChI=1S/C22H32N2O4/c1-21(2,3)22-11-10-17(24(22)20(26)27)12-18(13-22)23(4)14-15-6-8-16(9-7-15)19(25)28-5/h6-9,17-18H,10-14H2,1-5H3,(H,26,27). The van der Waals surface area contributed by atoms with Crippen LogP contribution in [0.25, 0.3) is 0 Å². The van der Waals surface area contributed by atoms with Crippen molar-refractivity contribution in [1.29, 1.82) is 0 Å². The summed E-state index contributed by atoms with van der Waals surface area (Å²) in [5.41, 5.74) is 1.26. The number of ether oxygens (including phenoxy) is 1. The van der Waals surface area contributed by atoms with Crippen molar-refractivity contribution in [2.75, 3.05) is 14.2 Å². The highest BCUT2D eigenvalue weighted by Crippen LogP contribution is 2.54. The molecule has 2 bridgehead atoms. The molecule has 28 heavy (non-hydrogen) atoms. The van der Waals surface area contributed by atoms with Gasteiger partial charge in [-0.2, -0.15) is 0 Å². The third-order valence-electron chi connectivity index (χ3n) is 6.87. The average molecular weight is 389 g/mol. The number of piperidine rings is 1. The van der Waals surface area contributed by atoms with Crippen LogP contribution in [-0.2, 0) is 11.3 Å². The first-order valence-corrected chi connectivity index (χ1v) is 9.99. The number of nitrogens with zero attached hydrogens (tertiary/aromatic N) is 2. The van der Waals surface area contributed by atoms with Crippen LogP contribution < -0.4 is 0 Å². The smallest absolute Gasteiger partial charge is 0.408 e. The molecular formula is C22H32N2O4. The summed E-state index contributed by atoms with van der Waals surface area (Å²) in [6.45, 7) is 7.27.